The minimum Gasteiger partial charge on any atom is -0.395 e. The van der Waals surface area contributed by atoms with Crippen molar-refractivity contribution in [2.45, 2.75) is 6.54 Å². The van der Waals surface area contributed by atoms with Crippen LogP contribution in [0.5, 0.6) is 0 Å². The van der Waals surface area contributed by atoms with E-state index in [2.05, 4.69) is 20.8 Å². The summed E-state index contributed by atoms with van der Waals surface area (Å²) < 4.78 is 6.08. The third kappa shape index (κ3) is 3.96. The monoisotopic (exact) mass is 302 g/mol. The van der Waals surface area contributed by atoms with E-state index in [-0.39, 0.29) is 6.61 Å². The molecule has 0 bridgehead atoms. The van der Waals surface area contributed by atoms with E-state index in [0.29, 0.717) is 19.7 Å². The molecule has 1 rings (SSSR count). The van der Waals surface area contributed by atoms with E-state index < -0.39 is 0 Å². The number of rotatable bonds is 7. The van der Waals surface area contributed by atoms with Crippen molar-refractivity contribution in [1.82, 2.24) is 0 Å². The molecule has 3 N–H and O–H groups in total. The number of nitrogens with zero attached hydrogens (tertiary/aromatic N) is 1. The summed E-state index contributed by atoms with van der Waals surface area (Å²) in [6.45, 7) is 2.51. The largest absolute Gasteiger partial charge is 0.395 e. The number of hydrogen-bond acceptors (Lipinski definition) is 4. The number of aliphatic hydroxyl groups excluding tert-OH is 1. The maximum atomic E-state index is 9.10. The van der Waals surface area contributed by atoms with Gasteiger partial charge in [-0.2, -0.15) is 0 Å². The van der Waals surface area contributed by atoms with Gasteiger partial charge in [0.1, 0.15) is 0 Å². The molecule has 0 unspecified atom stereocenters. The quantitative estimate of drug-likeness (QED) is 0.798. The van der Waals surface area contributed by atoms with E-state index in [4.69, 9.17) is 15.6 Å². The lowest BCUT2D eigenvalue weighted by Crippen LogP contribution is -2.31. The number of nitrogens with two attached hydrogens (primary N) is 1. The second-order valence-corrected chi connectivity index (χ2v) is 4.50. The van der Waals surface area contributed by atoms with Gasteiger partial charge in [-0.1, -0.05) is 22.0 Å². The molecule has 0 aliphatic rings. The van der Waals surface area contributed by atoms with Crippen LogP contribution < -0.4 is 10.6 Å². The molecule has 0 aliphatic heterocycles. The van der Waals surface area contributed by atoms with Crippen LogP contribution in [0.3, 0.4) is 0 Å². The number of aliphatic hydroxyl groups is 1. The van der Waals surface area contributed by atoms with Crippen LogP contribution in [0.25, 0.3) is 0 Å². The van der Waals surface area contributed by atoms with E-state index in [0.717, 1.165) is 22.3 Å². The number of halogens is 1. The fourth-order valence-electron chi connectivity index (χ4n) is 1.72. The Morgan fingerprint density at radius 2 is 2.18 bits per heavy atom. The molecular weight excluding hydrogens is 284 g/mol. The van der Waals surface area contributed by atoms with Gasteiger partial charge in [0.25, 0.3) is 0 Å². The van der Waals surface area contributed by atoms with Crippen molar-refractivity contribution >= 4 is 21.6 Å². The first-order valence-corrected chi connectivity index (χ1v) is 6.36. The zero-order chi connectivity index (χ0) is 12.7. The van der Waals surface area contributed by atoms with E-state index >= 15 is 0 Å². The van der Waals surface area contributed by atoms with Gasteiger partial charge in [0.05, 0.1) is 13.2 Å². The summed E-state index contributed by atoms with van der Waals surface area (Å²) >= 11 is 3.49. The summed E-state index contributed by atoms with van der Waals surface area (Å²) in [6, 6.07) is 5.95. The van der Waals surface area contributed by atoms with Gasteiger partial charge in [-0.05, 0) is 12.1 Å². The highest BCUT2D eigenvalue weighted by atomic mass is 79.9. The number of methoxy groups -OCH3 is 1. The zero-order valence-corrected chi connectivity index (χ0v) is 11.6. The molecule has 4 nitrogen and oxygen atoms in total. The Labute approximate surface area is 110 Å². The Morgan fingerprint density at radius 1 is 1.41 bits per heavy atom. The maximum Gasteiger partial charge on any atom is 0.0637 e. The lowest BCUT2D eigenvalue weighted by atomic mass is 10.1. The van der Waals surface area contributed by atoms with E-state index in [1.165, 1.54) is 0 Å². The van der Waals surface area contributed by atoms with Gasteiger partial charge in [0.2, 0.25) is 0 Å². The van der Waals surface area contributed by atoms with Crippen molar-refractivity contribution in [2.75, 3.05) is 38.3 Å². The van der Waals surface area contributed by atoms with Gasteiger partial charge >= 0.3 is 0 Å². The lowest BCUT2D eigenvalue weighted by molar-refractivity contribution is 0.203. The lowest BCUT2D eigenvalue weighted by Gasteiger charge is -2.26. The minimum absolute atomic E-state index is 0.111. The van der Waals surface area contributed by atoms with Gasteiger partial charge in [0, 0.05) is 42.5 Å². The molecule has 96 valence electrons. The fraction of sp³-hybridized carbons (Fsp3) is 0.500. The Morgan fingerprint density at radius 3 is 2.76 bits per heavy atom. The highest BCUT2D eigenvalue weighted by Crippen LogP contribution is 2.27. The van der Waals surface area contributed by atoms with E-state index in [9.17, 15) is 0 Å². The van der Waals surface area contributed by atoms with Crippen LogP contribution in [0.15, 0.2) is 22.7 Å². The van der Waals surface area contributed by atoms with Crippen LogP contribution in [-0.4, -0.2) is 38.5 Å². The van der Waals surface area contributed by atoms with Crippen LogP contribution in [0.4, 0.5) is 5.69 Å². The average Bonchev–Trinajstić information content (AvgIpc) is 2.34. The normalized spacial score (nSPS) is 10.6. The van der Waals surface area contributed by atoms with Gasteiger partial charge in [-0.3, -0.25) is 0 Å². The van der Waals surface area contributed by atoms with E-state index in [1.54, 1.807) is 7.11 Å². The molecule has 1 aromatic rings. The first-order chi connectivity index (χ1) is 8.24. The Hall–Kier alpha value is -0.620. The predicted molar refractivity (Wildman–Crippen MR) is 73.2 cm³/mol. The smallest absolute Gasteiger partial charge is 0.0637 e. The first kappa shape index (κ1) is 14.4. The zero-order valence-electron chi connectivity index (χ0n) is 10.0. The molecule has 0 fully saturated rings. The summed E-state index contributed by atoms with van der Waals surface area (Å²) in [6.07, 6.45) is 0. The summed E-state index contributed by atoms with van der Waals surface area (Å²) in [7, 11) is 1.67. The fourth-order valence-corrected chi connectivity index (χ4v) is 2.24. The SMILES string of the molecule is COCCN(CCO)c1cccc(Br)c1CN. The number of ether oxygens (including phenoxy) is 1. The van der Waals surface area contributed by atoms with Gasteiger partial charge in [-0.15, -0.1) is 0 Å². The molecule has 0 aliphatic carbocycles. The van der Waals surface area contributed by atoms with Crippen molar-refractivity contribution in [3.05, 3.63) is 28.2 Å². The maximum absolute atomic E-state index is 9.10. The van der Waals surface area contributed by atoms with Crippen molar-refractivity contribution < 1.29 is 9.84 Å². The number of anilines is 1. The van der Waals surface area contributed by atoms with Crippen molar-refractivity contribution in [1.29, 1.82) is 0 Å². The van der Waals surface area contributed by atoms with Crippen LogP contribution in [0, 0.1) is 0 Å². The predicted octanol–water partition coefficient (Wildman–Crippen LogP) is 1.35. The summed E-state index contributed by atoms with van der Waals surface area (Å²) in [4.78, 5) is 2.08. The number of benzene rings is 1. The summed E-state index contributed by atoms with van der Waals surface area (Å²) in [5.41, 5.74) is 7.87. The molecule has 17 heavy (non-hydrogen) atoms. The third-order valence-corrected chi connectivity index (χ3v) is 3.32. The molecule has 5 heteroatoms. The molecule has 0 aromatic heterocycles. The Balaban J connectivity index is 2.95. The molecule has 0 saturated heterocycles. The Bertz CT molecular complexity index is 347. The van der Waals surface area contributed by atoms with Gasteiger partial charge in [-0.25, -0.2) is 0 Å². The molecule has 0 atom stereocenters. The molecule has 0 saturated carbocycles. The van der Waals surface area contributed by atoms with Crippen molar-refractivity contribution in [3.63, 3.8) is 0 Å². The Kier molecular flexibility index (Phi) is 6.50. The first-order valence-electron chi connectivity index (χ1n) is 5.56. The van der Waals surface area contributed by atoms with Crippen LogP contribution in [-0.2, 0) is 11.3 Å². The average molecular weight is 303 g/mol. The van der Waals surface area contributed by atoms with Crippen molar-refractivity contribution in [2.24, 2.45) is 5.73 Å². The minimum atomic E-state index is 0.111. The van der Waals surface area contributed by atoms with Crippen molar-refractivity contribution in [3.8, 4) is 0 Å². The van der Waals surface area contributed by atoms with Crippen LogP contribution in [0.1, 0.15) is 5.56 Å². The highest BCUT2D eigenvalue weighted by Gasteiger charge is 2.11. The third-order valence-electron chi connectivity index (χ3n) is 2.57. The van der Waals surface area contributed by atoms with Gasteiger partial charge < -0.3 is 20.5 Å². The van der Waals surface area contributed by atoms with Crippen LogP contribution >= 0.6 is 15.9 Å². The van der Waals surface area contributed by atoms with Crippen LogP contribution in [0.2, 0.25) is 0 Å². The molecule has 0 heterocycles. The summed E-state index contributed by atoms with van der Waals surface area (Å²) in [5, 5.41) is 9.10. The number of hydrogen-bond donors (Lipinski definition) is 2. The second-order valence-electron chi connectivity index (χ2n) is 3.65. The standard InChI is InChI=1S/C12H19BrN2O2/c1-17-8-6-15(5-7-16)12-4-2-3-11(13)10(12)9-14/h2-4,16H,5-9,14H2,1H3. The molecular formula is C12H19BrN2O2. The van der Waals surface area contributed by atoms with E-state index in [1.807, 2.05) is 18.2 Å². The summed E-state index contributed by atoms with van der Waals surface area (Å²) in [5.74, 6) is 0. The molecule has 1 aromatic carbocycles. The molecule has 0 radical (unpaired) electrons. The highest BCUT2D eigenvalue weighted by molar-refractivity contribution is 9.10. The second kappa shape index (κ2) is 7.66. The molecule has 0 spiro atoms. The van der Waals surface area contributed by atoms with Gasteiger partial charge in [0.15, 0.2) is 0 Å². The molecule has 0 amide bonds. The topological polar surface area (TPSA) is 58.7 Å².